The van der Waals surface area contributed by atoms with E-state index in [0.29, 0.717) is 12.8 Å². The summed E-state index contributed by atoms with van der Waals surface area (Å²) in [5.41, 5.74) is 0. The minimum absolute atomic E-state index is 0.134. The third-order valence-electron chi connectivity index (χ3n) is 1.92. The maximum Gasteiger partial charge on any atom is 0.148 e. The molecular weight excluding hydrogens is 154 g/mol. The van der Waals surface area contributed by atoms with Gasteiger partial charge in [0.15, 0.2) is 0 Å². The van der Waals surface area contributed by atoms with Crippen molar-refractivity contribution in [2.45, 2.75) is 40.0 Å². The largest absolute Gasteiger partial charge is 0.359 e. The second-order valence-electron chi connectivity index (χ2n) is 3.10. The van der Waals surface area contributed by atoms with Crippen LogP contribution in [0.3, 0.4) is 0 Å². The van der Waals surface area contributed by atoms with Gasteiger partial charge in [-0.15, -0.1) is 0 Å². The fourth-order valence-electron chi connectivity index (χ4n) is 1.30. The van der Waals surface area contributed by atoms with Gasteiger partial charge in [0, 0.05) is 13.2 Å². The van der Waals surface area contributed by atoms with Crippen LogP contribution in [0.15, 0.2) is 0 Å². The summed E-state index contributed by atoms with van der Waals surface area (Å²) < 4.78 is 10.2. The summed E-state index contributed by atoms with van der Waals surface area (Å²) >= 11 is 0. The predicted molar refractivity (Wildman–Crippen MR) is 49.9 cm³/mol. The maximum atomic E-state index is 5.41. The van der Waals surface area contributed by atoms with E-state index < -0.39 is 0 Å². The lowest BCUT2D eigenvalue weighted by Gasteiger charge is -2.30. The number of hydrogen-bond donors (Lipinski definition) is 0. The van der Waals surface area contributed by atoms with Crippen molar-refractivity contribution >= 4 is 0 Å². The molecule has 3 nitrogen and oxygen atoms in total. The van der Waals surface area contributed by atoms with E-state index in [9.17, 15) is 0 Å². The van der Waals surface area contributed by atoms with Crippen molar-refractivity contribution < 1.29 is 9.47 Å². The Kier molecular flexibility index (Phi) is 6.34. The van der Waals surface area contributed by atoms with Crippen LogP contribution in [0.5, 0.6) is 0 Å². The molecule has 0 radical (unpaired) electrons. The van der Waals surface area contributed by atoms with Gasteiger partial charge in [0.2, 0.25) is 0 Å². The molecule has 0 amide bonds. The van der Waals surface area contributed by atoms with E-state index in [1.807, 2.05) is 6.92 Å². The number of hydrogen-bond acceptors (Lipinski definition) is 3. The number of nitrogens with zero attached hydrogens (tertiary/aromatic N) is 1. The van der Waals surface area contributed by atoms with Gasteiger partial charge in [-0.05, 0) is 27.3 Å². The zero-order valence-corrected chi connectivity index (χ0v) is 8.83. The van der Waals surface area contributed by atoms with Crippen LogP contribution in [0.1, 0.15) is 27.7 Å². The van der Waals surface area contributed by atoms with Crippen molar-refractivity contribution in [3.63, 3.8) is 0 Å². The molecule has 1 unspecified atom stereocenters. The molecule has 0 spiro atoms. The Morgan fingerprint density at radius 2 is 1.83 bits per heavy atom. The van der Waals surface area contributed by atoms with Gasteiger partial charge < -0.3 is 9.47 Å². The first kappa shape index (κ1) is 11.9. The smallest absolute Gasteiger partial charge is 0.148 e. The Labute approximate surface area is 75.6 Å². The summed E-state index contributed by atoms with van der Waals surface area (Å²) in [6.45, 7) is 9.87. The molecule has 0 aromatic carbocycles. The quantitative estimate of drug-likeness (QED) is 0.573. The molecule has 12 heavy (non-hydrogen) atoms. The van der Waals surface area contributed by atoms with E-state index in [2.05, 4.69) is 25.7 Å². The number of ether oxygens (including phenoxy) is 2. The molecule has 0 aliphatic rings. The molecule has 0 rings (SSSR count). The van der Waals surface area contributed by atoms with Gasteiger partial charge >= 0.3 is 0 Å². The van der Waals surface area contributed by atoms with Crippen molar-refractivity contribution in [1.29, 1.82) is 0 Å². The van der Waals surface area contributed by atoms with Gasteiger partial charge in [-0.25, -0.2) is 0 Å². The predicted octanol–water partition coefficient (Wildman–Crippen LogP) is 1.68. The second-order valence-corrected chi connectivity index (χ2v) is 3.10. The molecule has 0 aromatic heterocycles. The first-order chi connectivity index (χ1) is 5.63. The molecule has 0 heterocycles. The van der Waals surface area contributed by atoms with Crippen LogP contribution < -0.4 is 0 Å². The minimum atomic E-state index is 0.134. The molecule has 0 saturated heterocycles. The normalized spacial score (nSPS) is 14.2. The molecule has 0 fully saturated rings. The molecule has 0 bridgehead atoms. The van der Waals surface area contributed by atoms with E-state index in [4.69, 9.17) is 9.47 Å². The fourth-order valence-corrected chi connectivity index (χ4v) is 1.30. The lowest BCUT2D eigenvalue weighted by atomic mass is 10.3. The van der Waals surface area contributed by atoms with E-state index in [0.717, 1.165) is 6.54 Å². The summed E-state index contributed by atoms with van der Waals surface area (Å²) in [5.74, 6) is 0. The van der Waals surface area contributed by atoms with Crippen LogP contribution in [-0.4, -0.2) is 37.6 Å². The van der Waals surface area contributed by atoms with Gasteiger partial charge in [0.1, 0.15) is 13.0 Å². The molecule has 3 heteroatoms. The van der Waals surface area contributed by atoms with Gasteiger partial charge in [-0.1, -0.05) is 6.92 Å². The molecule has 0 aromatic rings. The van der Waals surface area contributed by atoms with Gasteiger partial charge in [-0.3, -0.25) is 4.90 Å². The highest BCUT2D eigenvalue weighted by atomic mass is 16.7. The molecule has 74 valence electrons. The fraction of sp³-hybridized carbons (Fsp3) is 1.00. The van der Waals surface area contributed by atoms with E-state index in [-0.39, 0.29) is 6.23 Å². The molecule has 0 N–H and O–H groups in total. The lowest BCUT2D eigenvalue weighted by Crippen LogP contribution is -2.40. The minimum Gasteiger partial charge on any atom is -0.359 e. The highest BCUT2D eigenvalue weighted by Crippen LogP contribution is 2.05. The van der Waals surface area contributed by atoms with Crippen LogP contribution in [-0.2, 0) is 9.47 Å². The first-order valence-corrected chi connectivity index (χ1v) is 4.49. The molecule has 0 aliphatic carbocycles. The SMILES string of the molecule is CCN(C(C)C)C(C)OCOC. The summed E-state index contributed by atoms with van der Waals surface area (Å²) in [4.78, 5) is 2.26. The topological polar surface area (TPSA) is 21.7 Å². The van der Waals surface area contributed by atoms with Crippen LogP contribution in [0.4, 0.5) is 0 Å². The monoisotopic (exact) mass is 175 g/mol. The van der Waals surface area contributed by atoms with Crippen LogP contribution >= 0.6 is 0 Å². The van der Waals surface area contributed by atoms with E-state index in [1.54, 1.807) is 7.11 Å². The van der Waals surface area contributed by atoms with Crippen molar-refractivity contribution in [2.75, 3.05) is 20.4 Å². The average molecular weight is 175 g/mol. The summed E-state index contributed by atoms with van der Waals surface area (Å²) in [5, 5.41) is 0. The highest BCUT2D eigenvalue weighted by Gasteiger charge is 2.14. The average Bonchev–Trinajstić information content (AvgIpc) is 2.01. The van der Waals surface area contributed by atoms with Crippen molar-refractivity contribution in [3.8, 4) is 0 Å². The van der Waals surface area contributed by atoms with Crippen molar-refractivity contribution in [2.24, 2.45) is 0 Å². The Morgan fingerprint density at radius 3 is 2.17 bits per heavy atom. The van der Waals surface area contributed by atoms with E-state index >= 15 is 0 Å². The van der Waals surface area contributed by atoms with Crippen molar-refractivity contribution in [3.05, 3.63) is 0 Å². The first-order valence-electron chi connectivity index (χ1n) is 4.49. The Bertz CT molecular complexity index is 107. The highest BCUT2D eigenvalue weighted by molar-refractivity contribution is 4.61. The van der Waals surface area contributed by atoms with Crippen LogP contribution in [0.2, 0.25) is 0 Å². The standard InChI is InChI=1S/C9H21NO2/c1-6-10(8(2)3)9(4)12-7-11-5/h8-9H,6-7H2,1-5H3. The third-order valence-corrected chi connectivity index (χ3v) is 1.92. The lowest BCUT2D eigenvalue weighted by molar-refractivity contribution is -0.129. The van der Waals surface area contributed by atoms with Gasteiger partial charge in [-0.2, -0.15) is 0 Å². The van der Waals surface area contributed by atoms with Crippen molar-refractivity contribution in [1.82, 2.24) is 4.90 Å². The maximum absolute atomic E-state index is 5.41. The van der Waals surface area contributed by atoms with Gasteiger partial charge in [0.25, 0.3) is 0 Å². The number of methoxy groups -OCH3 is 1. The van der Waals surface area contributed by atoms with Crippen LogP contribution in [0.25, 0.3) is 0 Å². The third kappa shape index (κ3) is 4.04. The Balaban J connectivity index is 3.77. The van der Waals surface area contributed by atoms with Gasteiger partial charge in [0.05, 0.1) is 0 Å². The number of rotatable bonds is 6. The zero-order chi connectivity index (χ0) is 9.56. The summed E-state index contributed by atoms with van der Waals surface area (Å²) in [7, 11) is 1.64. The van der Waals surface area contributed by atoms with Crippen LogP contribution in [0, 0.1) is 0 Å². The summed E-state index contributed by atoms with van der Waals surface area (Å²) in [6, 6.07) is 0.516. The molecule has 0 saturated carbocycles. The Morgan fingerprint density at radius 1 is 1.25 bits per heavy atom. The Hall–Kier alpha value is -0.120. The zero-order valence-electron chi connectivity index (χ0n) is 8.83. The van der Waals surface area contributed by atoms with E-state index in [1.165, 1.54) is 0 Å². The molecule has 0 aliphatic heterocycles. The molecule has 1 atom stereocenters. The second kappa shape index (κ2) is 6.40. The summed E-state index contributed by atoms with van der Waals surface area (Å²) in [6.07, 6.45) is 0.134. The molecular formula is C9H21NO2.